The van der Waals surface area contributed by atoms with Gasteiger partial charge in [0.05, 0.1) is 13.2 Å². The zero-order valence-corrected chi connectivity index (χ0v) is 57.0. The van der Waals surface area contributed by atoms with Crippen LogP contribution in [0.4, 0.5) is 0 Å². The molecule has 2 unspecified atom stereocenters. The van der Waals surface area contributed by atoms with Crippen LogP contribution < -0.4 is 5.73 Å². The highest BCUT2D eigenvalue weighted by Gasteiger charge is 2.26. The Balaban J connectivity index is 4.02. The summed E-state index contributed by atoms with van der Waals surface area (Å²) in [5, 5.41) is 0. The summed E-state index contributed by atoms with van der Waals surface area (Å²) < 4.78 is 33.1. The molecule has 0 radical (unpaired) electrons. The molecule has 0 spiro atoms. The second-order valence-electron chi connectivity index (χ2n) is 22.3. The molecule has 0 saturated heterocycles. The van der Waals surface area contributed by atoms with E-state index in [0.29, 0.717) is 6.42 Å². The minimum Gasteiger partial charge on any atom is -0.462 e. The van der Waals surface area contributed by atoms with Gasteiger partial charge >= 0.3 is 19.8 Å². The summed E-state index contributed by atoms with van der Waals surface area (Å²) >= 11 is 0. The Morgan fingerprint density at radius 1 is 0.337 bits per heavy atom. The van der Waals surface area contributed by atoms with Crippen molar-refractivity contribution in [1.82, 2.24) is 0 Å². The fourth-order valence-corrected chi connectivity index (χ4v) is 9.67. The van der Waals surface area contributed by atoms with Gasteiger partial charge < -0.3 is 20.1 Å². The van der Waals surface area contributed by atoms with Gasteiger partial charge in [-0.1, -0.05) is 298 Å². The third-order valence-corrected chi connectivity index (χ3v) is 15.0. The molecular formula is C79H126NO8P. The number of esters is 2. The smallest absolute Gasteiger partial charge is 0.462 e. The van der Waals surface area contributed by atoms with Gasteiger partial charge in [0.2, 0.25) is 0 Å². The van der Waals surface area contributed by atoms with Gasteiger partial charge in [-0.15, -0.1) is 0 Å². The van der Waals surface area contributed by atoms with E-state index in [1.165, 1.54) is 83.5 Å². The first-order valence-electron chi connectivity index (χ1n) is 34.9. The van der Waals surface area contributed by atoms with E-state index in [1.807, 2.05) is 0 Å². The highest BCUT2D eigenvalue weighted by Crippen LogP contribution is 2.43. The Hall–Kier alpha value is -5.15. The van der Waals surface area contributed by atoms with Gasteiger partial charge in [0.15, 0.2) is 6.10 Å². The van der Waals surface area contributed by atoms with Crippen LogP contribution >= 0.6 is 7.82 Å². The number of carbonyl (C=O) groups is 2. The van der Waals surface area contributed by atoms with Crippen molar-refractivity contribution < 1.29 is 37.6 Å². The number of hydrogen-bond donors (Lipinski definition) is 2. The highest BCUT2D eigenvalue weighted by molar-refractivity contribution is 7.47. The Kier molecular flexibility index (Phi) is 67.8. The quantitative estimate of drug-likeness (QED) is 0.0264. The summed E-state index contributed by atoms with van der Waals surface area (Å²) in [4.78, 5) is 35.3. The van der Waals surface area contributed by atoms with Gasteiger partial charge in [-0.2, -0.15) is 0 Å². The van der Waals surface area contributed by atoms with Crippen LogP contribution in [0.2, 0.25) is 0 Å². The molecule has 10 heteroatoms. The van der Waals surface area contributed by atoms with Crippen molar-refractivity contribution in [2.24, 2.45) is 5.73 Å². The summed E-state index contributed by atoms with van der Waals surface area (Å²) in [5.41, 5.74) is 5.40. The number of phosphoric acid groups is 1. The molecule has 89 heavy (non-hydrogen) atoms. The van der Waals surface area contributed by atoms with Crippen LogP contribution in [-0.4, -0.2) is 49.3 Å². The van der Waals surface area contributed by atoms with Crippen molar-refractivity contribution in [3.8, 4) is 0 Å². The molecule has 0 aromatic rings. The predicted molar refractivity (Wildman–Crippen MR) is 385 cm³/mol. The second kappa shape index (κ2) is 71.9. The summed E-state index contributed by atoms with van der Waals surface area (Å²) in [6.45, 7) is 3.45. The Morgan fingerprint density at radius 2 is 0.584 bits per heavy atom. The van der Waals surface area contributed by atoms with Crippen LogP contribution in [0.25, 0.3) is 0 Å². The molecule has 9 nitrogen and oxygen atoms in total. The zero-order chi connectivity index (χ0) is 64.4. The minimum absolute atomic E-state index is 0.0365. The summed E-state index contributed by atoms with van der Waals surface area (Å²) in [7, 11) is -4.42. The Morgan fingerprint density at radius 3 is 0.888 bits per heavy atom. The fraction of sp³-hybridized carbons (Fsp3) is 0.570. The largest absolute Gasteiger partial charge is 0.472 e. The molecule has 0 aliphatic carbocycles. The lowest BCUT2D eigenvalue weighted by atomic mass is 10.0. The van der Waals surface area contributed by atoms with Crippen molar-refractivity contribution in [3.63, 3.8) is 0 Å². The van der Waals surface area contributed by atoms with Crippen molar-refractivity contribution in [3.05, 3.63) is 194 Å². The predicted octanol–water partition coefficient (Wildman–Crippen LogP) is 23.3. The average molecular weight is 1250 g/mol. The maximum absolute atomic E-state index is 12.7. The molecule has 0 amide bonds. The lowest BCUT2D eigenvalue weighted by Gasteiger charge is -2.19. The molecule has 3 N–H and O–H groups in total. The van der Waals surface area contributed by atoms with Gasteiger partial charge in [-0.3, -0.25) is 18.6 Å². The molecule has 0 aromatic heterocycles. The van der Waals surface area contributed by atoms with Crippen LogP contribution in [0.15, 0.2) is 194 Å². The molecule has 500 valence electrons. The monoisotopic (exact) mass is 1250 g/mol. The van der Waals surface area contributed by atoms with Gasteiger partial charge in [0, 0.05) is 19.4 Å². The summed E-state index contributed by atoms with van der Waals surface area (Å²) in [6.07, 6.45) is 109. The van der Waals surface area contributed by atoms with E-state index in [0.717, 1.165) is 141 Å². The highest BCUT2D eigenvalue weighted by atomic mass is 31.2. The van der Waals surface area contributed by atoms with Crippen LogP contribution in [0.1, 0.15) is 258 Å². The number of rotatable bonds is 63. The number of allylic oxidation sites excluding steroid dienone is 32. The molecule has 0 saturated carbocycles. The number of unbranched alkanes of at least 4 members (excludes halogenated alkanes) is 18. The Labute approximate surface area is 545 Å². The average Bonchev–Trinajstić information content (AvgIpc) is 3.58. The summed E-state index contributed by atoms with van der Waals surface area (Å²) in [6, 6.07) is 0. The van der Waals surface area contributed by atoms with E-state index in [2.05, 4.69) is 208 Å². The Bertz CT molecular complexity index is 2160. The van der Waals surface area contributed by atoms with E-state index >= 15 is 0 Å². The third kappa shape index (κ3) is 71.8. The van der Waals surface area contributed by atoms with E-state index in [1.54, 1.807) is 0 Å². The second-order valence-corrected chi connectivity index (χ2v) is 23.7. The molecule has 0 bridgehead atoms. The van der Waals surface area contributed by atoms with Gasteiger partial charge in [0.25, 0.3) is 0 Å². The first-order valence-corrected chi connectivity index (χ1v) is 36.4. The fourth-order valence-electron chi connectivity index (χ4n) is 8.90. The number of carbonyl (C=O) groups excluding carboxylic acids is 2. The van der Waals surface area contributed by atoms with E-state index < -0.39 is 32.5 Å². The number of nitrogens with two attached hydrogens (primary N) is 1. The maximum atomic E-state index is 12.7. The SMILES string of the molecule is CC/C=C\C/C=C\C/C=C\C/C=C\C/C=C\C/C=C\C/C=C\C/C=C\C/C=C\C/C=C\CCCCC(=O)OC(COC(=O)CCCCCCCCCCCCCCCCCC/C=C\C/C=C\C/C=C\C/C=C\C/C=C\C/C=C\CC)COP(=O)(O)OCCN. The normalized spacial score (nSPS) is 14.2. The molecule has 0 aliphatic heterocycles. The standard InChI is InChI=1S/C79H126NO8P/c1-3-5-7-9-11-13-15-17-19-21-23-25-27-29-31-33-35-37-38-40-41-43-45-47-49-51-53-55-57-59-61-63-65-67-69-71-78(81)85-75-77(76-87-89(83,84)86-74-73-80)88-79(82)72-70-68-66-64-62-60-58-56-54-52-50-48-46-44-42-39-36-34-32-30-28-26-24-22-20-18-16-14-12-10-8-6-4-2/h5-8,11-14,17-20,23-26,29-32,35-37,39,44,46,50,52,56,58,62,64,77H,3-4,9-10,15-16,21-22,27-28,33-34,38,40-43,45,47-49,51,53-55,57,59-61,63,65-76,80H2,1-2H3,(H,83,84)/b7-5-,8-6-,13-11-,14-12-,19-17-,20-18-,25-23-,26-24-,31-29-,32-30-,37-35-,39-36-,46-44-,52-50-,58-56-,64-62-. The number of phosphoric ester groups is 1. The van der Waals surface area contributed by atoms with Crippen molar-refractivity contribution in [1.29, 1.82) is 0 Å². The van der Waals surface area contributed by atoms with Crippen molar-refractivity contribution in [2.75, 3.05) is 26.4 Å². The van der Waals surface area contributed by atoms with Crippen molar-refractivity contribution >= 4 is 19.8 Å². The molecule has 0 aliphatic rings. The van der Waals surface area contributed by atoms with Crippen LogP contribution in [0.5, 0.6) is 0 Å². The van der Waals surface area contributed by atoms with Gasteiger partial charge in [-0.25, -0.2) is 4.57 Å². The van der Waals surface area contributed by atoms with E-state index in [-0.39, 0.29) is 32.6 Å². The molecule has 0 aromatic carbocycles. The number of hydrogen-bond acceptors (Lipinski definition) is 8. The first kappa shape index (κ1) is 83.8. The molecule has 0 fully saturated rings. The first-order chi connectivity index (χ1) is 43.8. The molecule has 2 atom stereocenters. The van der Waals surface area contributed by atoms with Crippen molar-refractivity contribution in [2.45, 2.75) is 264 Å². The summed E-state index contributed by atoms with van der Waals surface area (Å²) in [5.74, 6) is -0.889. The van der Waals surface area contributed by atoms with Gasteiger partial charge in [-0.05, 0) is 141 Å². The lowest BCUT2D eigenvalue weighted by molar-refractivity contribution is -0.161. The molecule has 0 heterocycles. The van der Waals surface area contributed by atoms with Crippen LogP contribution in [-0.2, 0) is 32.7 Å². The maximum Gasteiger partial charge on any atom is 0.472 e. The van der Waals surface area contributed by atoms with Gasteiger partial charge in [0.1, 0.15) is 6.61 Å². The minimum atomic E-state index is -4.42. The molecular weight excluding hydrogens is 1120 g/mol. The van der Waals surface area contributed by atoms with Crippen LogP contribution in [0.3, 0.4) is 0 Å². The third-order valence-electron chi connectivity index (χ3n) is 14.0. The zero-order valence-electron chi connectivity index (χ0n) is 56.1. The topological polar surface area (TPSA) is 134 Å². The number of ether oxygens (including phenoxy) is 2. The van der Waals surface area contributed by atoms with E-state index in [9.17, 15) is 19.0 Å². The van der Waals surface area contributed by atoms with Crippen LogP contribution in [0, 0.1) is 0 Å². The van der Waals surface area contributed by atoms with E-state index in [4.69, 9.17) is 24.3 Å². The molecule has 0 rings (SSSR count). The lowest BCUT2D eigenvalue weighted by Crippen LogP contribution is -2.29.